The molecule has 1 aromatic carbocycles. The van der Waals surface area contributed by atoms with Gasteiger partial charge in [-0.1, -0.05) is 6.07 Å². The molecule has 0 heterocycles. The van der Waals surface area contributed by atoms with Gasteiger partial charge in [-0.2, -0.15) is 0 Å². The number of nitrogens with one attached hydrogen (secondary N) is 1. The Bertz CT molecular complexity index is 463. The van der Waals surface area contributed by atoms with Crippen LogP contribution in [-0.4, -0.2) is 30.0 Å². The molecule has 20 heavy (non-hydrogen) atoms. The molecule has 0 fully saturated rings. The average Bonchev–Trinajstić information content (AvgIpc) is 2.27. The summed E-state index contributed by atoms with van der Waals surface area (Å²) >= 11 is 0. The first-order chi connectivity index (χ1) is 9.21. The maximum atomic E-state index is 11.7. The lowest BCUT2D eigenvalue weighted by Gasteiger charge is -2.20. The third-order valence-corrected chi connectivity index (χ3v) is 2.43. The quantitative estimate of drug-likeness (QED) is 0.890. The number of hydrogen-bond acceptors (Lipinski definition) is 4. The number of carbonyl (C=O) groups is 1. The number of ether oxygens (including phenoxy) is 2. The maximum absolute atomic E-state index is 11.7. The third-order valence-electron chi connectivity index (χ3n) is 2.43. The molecule has 0 aliphatic carbocycles. The van der Waals surface area contributed by atoms with Crippen molar-refractivity contribution in [2.24, 2.45) is 0 Å². The fraction of sp³-hybridized carbons (Fsp3) is 0.533. The van der Waals surface area contributed by atoms with Crippen LogP contribution in [0.3, 0.4) is 0 Å². The molecule has 5 nitrogen and oxygen atoms in total. The van der Waals surface area contributed by atoms with Gasteiger partial charge in [-0.15, -0.1) is 0 Å². The summed E-state index contributed by atoms with van der Waals surface area (Å²) in [5, 5.41) is 12.0. The molecule has 0 unspecified atom stereocenters. The van der Waals surface area contributed by atoms with E-state index in [9.17, 15) is 9.90 Å². The zero-order valence-corrected chi connectivity index (χ0v) is 12.7. The summed E-state index contributed by atoms with van der Waals surface area (Å²) in [7, 11) is 1.53. The van der Waals surface area contributed by atoms with E-state index in [0.29, 0.717) is 17.9 Å². The van der Waals surface area contributed by atoms with E-state index in [4.69, 9.17) is 9.47 Å². The number of methoxy groups -OCH3 is 1. The highest BCUT2D eigenvalue weighted by molar-refractivity contribution is 5.87. The van der Waals surface area contributed by atoms with Gasteiger partial charge in [0.2, 0.25) is 0 Å². The van der Waals surface area contributed by atoms with Crippen molar-refractivity contribution in [2.75, 3.05) is 12.4 Å². The van der Waals surface area contributed by atoms with Gasteiger partial charge in [0.05, 0.1) is 18.9 Å². The lowest BCUT2D eigenvalue weighted by Crippen LogP contribution is -2.27. The zero-order valence-electron chi connectivity index (χ0n) is 12.7. The summed E-state index contributed by atoms with van der Waals surface area (Å²) < 4.78 is 10.4. The van der Waals surface area contributed by atoms with E-state index in [2.05, 4.69) is 5.32 Å². The van der Waals surface area contributed by atoms with Crippen LogP contribution in [0.1, 0.15) is 33.3 Å². The number of aliphatic hydroxyl groups is 1. The number of aliphatic hydroxyl groups excluding tert-OH is 1. The van der Waals surface area contributed by atoms with Gasteiger partial charge in [-0.05, 0) is 51.8 Å². The molecule has 0 bridgehead atoms. The molecule has 0 radical (unpaired) electrons. The smallest absolute Gasteiger partial charge is 0.412 e. The molecular weight excluding hydrogens is 258 g/mol. The van der Waals surface area contributed by atoms with E-state index < -0.39 is 17.8 Å². The second-order valence-corrected chi connectivity index (χ2v) is 5.71. The standard InChI is InChI=1S/C15H23NO4/c1-10(17)8-11-6-7-12(13(9-11)19-5)16-14(18)20-15(2,3)4/h6-7,9-10,17H,8H2,1-5H3,(H,16,18)/t10-/m0/s1. The van der Waals surface area contributed by atoms with Gasteiger partial charge in [0.25, 0.3) is 0 Å². The molecule has 0 aliphatic heterocycles. The number of amides is 1. The van der Waals surface area contributed by atoms with Crippen LogP contribution in [0.4, 0.5) is 10.5 Å². The highest BCUT2D eigenvalue weighted by Crippen LogP contribution is 2.26. The highest BCUT2D eigenvalue weighted by Gasteiger charge is 2.17. The Morgan fingerprint density at radius 2 is 2.05 bits per heavy atom. The van der Waals surface area contributed by atoms with Gasteiger partial charge in [0.15, 0.2) is 0 Å². The number of benzene rings is 1. The molecule has 0 aliphatic rings. The largest absolute Gasteiger partial charge is 0.495 e. The van der Waals surface area contributed by atoms with Crippen molar-refractivity contribution in [1.82, 2.24) is 0 Å². The van der Waals surface area contributed by atoms with Crippen LogP contribution in [0.25, 0.3) is 0 Å². The number of carbonyl (C=O) groups excluding carboxylic acids is 1. The molecule has 0 aromatic heterocycles. The highest BCUT2D eigenvalue weighted by atomic mass is 16.6. The van der Waals surface area contributed by atoms with Crippen molar-refractivity contribution in [1.29, 1.82) is 0 Å². The van der Waals surface area contributed by atoms with Crippen LogP contribution in [0, 0.1) is 0 Å². The van der Waals surface area contributed by atoms with E-state index in [-0.39, 0.29) is 0 Å². The maximum Gasteiger partial charge on any atom is 0.412 e. The van der Waals surface area contributed by atoms with Crippen molar-refractivity contribution in [2.45, 2.75) is 45.8 Å². The van der Waals surface area contributed by atoms with Gasteiger partial charge in [0, 0.05) is 0 Å². The van der Waals surface area contributed by atoms with Crippen molar-refractivity contribution >= 4 is 11.8 Å². The van der Waals surface area contributed by atoms with Gasteiger partial charge >= 0.3 is 6.09 Å². The number of anilines is 1. The summed E-state index contributed by atoms with van der Waals surface area (Å²) in [5.74, 6) is 0.536. The predicted molar refractivity (Wildman–Crippen MR) is 78.2 cm³/mol. The second-order valence-electron chi connectivity index (χ2n) is 5.71. The Morgan fingerprint density at radius 1 is 1.40 bits per heavy atom. The van der Waals surface area contributed by atoms with Crippen LogP contribution in [0.15, 0.2) is 18.2 Å². The van der Waals surface area contributed by atoms with Crippen LogP contribution >= 0.6 is 0 Å². The van der Waals surface area contributed by atoms with Crippen molar-refractivity contribution < 1.29 is 19.4 Å². The first kappa shape index (κ1) is 16.3. The molecule has 1 aromatic rings. The van der Waals surface area contributed by atoms with Crippen LogP contribution < -0.4 is 10.1 Å². The monoisotopic (exact) mass is 281 g/mol. The Balaban J connectivity index is 2.82. The summed E-state index contributed by atoms with van der Waals surface area (Å²) in [6.45, 7) is 7.12. The molecule has 1 rings (SSSR count). The van der Waals surface area contributed by atoms with Gasteiger partial charge < -0.3 is 14.6 Å². The predicted octanol–water partition coefficient (Wildman–Crippen LogP) is 2.97. The summed E-state index contributed by atoms with van der Waals surface area (Å²) in [5.41, 5.74) is 0.923. The first-order valence-electron chi connectivity index (χ1n) is 6.56. The molecule has 0 spiro atoms. The minimum Gasteiger partial charge on any atom is -0.495 e. The summed E-state index contributed by atoms with van der Waals surface area (Å²) in [6, 6.07) is 5.36. The number of hydrogen-bond donors (Lipinski definition) is 2. The van der Waals surface area contributed by atoms with Crippen molar-refractivity contribution in [3.8, 4) is 5.75 Å². The minimum atomic E-state index is -0.552. The van der Waals surface area contributed by atoms with E-state index in [1.54, 1.807) is 39.8 Å². The Morgan fingerprint density at radius 3 is 2.55 bits per heavy atom. The SMILES string of the molecule is COc1cc(C[C@H](C)O)ccc1NC(=O)OC(C)(C)C. The Hall–Kier alpha value is -1.75. The van der Waals surface area contributed by atoms with Crippen molar-refractivity contribution in [3.05, 3.63) is 23.8 Å². The van der Waals surface area contributed by atoms with E-state index in [1.165, 1.54) is 7.11 Å². The minimum absolute atomic E-state index is 0.427. The Kier molecular flexibility index (Phi) is 5.39. The summed E-state index contributed by atoms with van der Waals surface area (Å²) in [6.07, 6.45) is -0.424. The van der Waals surface area contributed by atoms with E-state index in [0.717, 1.165) is 5.56 Å². The normalized spacial score (nSPS) is 12.7. The third kappa shape index (κ3) is 5.48. The molecule has 0 saturated heterocycles. The summed E-state index contributed by atoms with van der Waals surface area (Å²) in [4.78, 5) is 11.7. The lowest BCUT2D eigenvalue weighted by molar-refractivity contribution is 0.0635. The molecular formula is C15H23NO4. The van der Waals surface area contributed by atoms with Crippen LogP contribution in [0.5, 0.6) is 5.75 Å². The zero-order chi connectivity index (χ0) is 15.3. The molecule has 0 saturated carbocycles. The molecule has 1 atom stereocenters. The molecule has 1 amide bonds. The lowest BCUT2D eigenvalue weighted by atomic mass is 10.1. The second kappa shape index (κ2) is 6.61. The van der Waals surface area contributed by atoms with E-state index >= 15 is 0 Å². The van der Waals surface area contributed by atoms with Gasteiger partial charge in [-0.25, -0.2) is 4.79 Å². The number of rotatable bonds is 4. The molecule has 5 heteroatoms. The average molecular weight is 281 g/mol. The Labute approximate surface area is 119 Å². The topological polar surface area (TPSA) is 67.8 Å². The fourth-order valence-corrected chi connectivity index (χ4v) is 1.72. The van der Waals surface area contributed by atoms with Gasteiger partial charge in [0.1, 0.15) is 11.4 Å². The fourth-order valence-electron chi connectivity index (χ4n) is 1.72. The van der Waals surface area contributed by atoms with Crippen LogP contribution in [-0.2, 0) is 11.2 Å². The van der Waals surface area contributed by atoms with Crippen molar-refractivity contribution in [3.63, 3.8) is 0 Å². The van der Waals surface area contributed by atoms with Gasteiger partial charge in [-0.3, -0.25) is 5.32 Å². The van der Waals surface area contributed by atoms with Crippen LogP contribution in [0.2, 0.25) is 0 Å². The van der Waals surface area contributed by atoms with E-state index in [1.807, 2.05) is 6.07 Å². The molecule has 112 valence electrons. The molecule has 2 N–H and O–H groups in total. The first-order valence-corrected chi connectivity index (χ1v) is 6.56.